The molecule has 0 aliphatic carbocycles. The Bertz CT molecular complexity index is 216. The number of halogens is 1. The van der Waals surface area contributed by atoms with Gasteiger partial charge in [-0.2, -0.15) is 0 Å². The maximum Gasteiger partial charge on any atom is 0.291 e. The van der Waals surface area contributed by atoms with E-state index in [0.717, 1.165) is 0 Å². The van der Waals surface area contributed by atoms with E-state index in [9.17, 15) is 0 Å². The van der Waals surface area contributed by atoms with E-state index in [1.807, 2.05) is 7.05 Å². The minimum absolute atomic E-state index is 0.667. The first-order valence-electron chi connectivity index (χ1n) is 2.49. The zero-order valence-corrected chi connectivity index (χ0v) is 6.39. The van der Waals surface area contributed by atoms with E-state index in [-0.39, 0.29) is 0 Å². The highest BCUT2D eigenvalue weighted by atomic mass is 35.5. The number of hydrogen-bond donors (Lipinski definition) is 1. The summed E-state index contributed by atoms with van der Waals surface area (Å²) in [6.07, 6.45) is 3.25. The molecular formula is C4H6ClN3O3. The van der Waals surface area contributed by atoms with Crippen molar-refractivity contribution in [3.8, 4) is 0 Å². The van der Waals surface area contributed by atoms with Crippen LogP contribution in [0.5, 0.6) is 0 Å². The van der Waals surface area contributed by atoms with Crippen LogP contribution in [0.15, 0.2) is 12.5 Å². The first-order valence-corrected chi connectivity index (χ1v) is 2.87. The lowest BCUT2D eigenvalue weighted by Crippen LogP contribution is -1.81. The Hall–Kier alpha value is -1.30. The first-order chi connectivity index (χ1) is 5.04. The van der Waals surface area contributed by atoms with Crippen LogP contribution in [0.4, 0.5) is 0 Å². The van der Waals surface area contributed by atoms with Gasteiger partial charge in [0.2, 0.25) is 0 Å². The molecule has 0 radical (unpaired) electrons. The molecule has 0 saturated carbocycles. The molecule has 0 bridgehead atoms. The van der Waals surface area contributed by atoms with E-state index in [0.29, 0.717) is 5.15 Å². The summed E-state index contributed by atoms with van der Waals surface area (Å²) in [5, 5.41) is 14.3. The van der Waals surface area contributed by atoms with Crippen molar-refractivity contribution in [1.29, 1.82) is 0 Å². The van der Waals surface area contributed by atoms with Crippen LogP contribution in [0, 0.1) is 10.1 Å². The van der Waals surface area contributed by atoms with Crippen molar-refractivity contribution in [2.24, 2.45) is 7.05 Å². The molecule has 1 aromatic rings. The second kappa shape index (κ2) is 4.51. The highest BCUT2D eigenvalue weighted by Crippen LogP contribution is 2.01. The fourth-order valence-corrected chi connectivity index (χ4v) is 0.441. The molecule has 6 nitrogen and oxygen atoms in total. The lowest BCUT2D eigenvalue weighted by atomic mass is 10.9. The van der Waals surface area contributed by atoms with Crippen LogP contribution in [0.2, 0.25) is 5.15 Å². The summed E-state index contributed by atoms with van der Waals surface area (Å²) >= 11 is 5.52. The van der Waals surface area contributed by atoms with Gasteiger partial charge in [0, 0.05) is 7.05 Å². The van der Waals surface area contributed by atoms with Gasteiger partial charge in [-0.05, 0) is 0 Å². The highest BCUT2D eigenvalue weighted by Gasteiger charge is 1.86. The second-order valence-electron chi connectivity index (χ2n) is 1.57. The van der Waals surface area contributed by atoms with Crippen LogP contribution >= 0.6 is 11.6 Å². The molecular weight excluding hydrogens is 174 g/mol. The van der Waals surface area contributed by atoms with E-state index in [4.69, 9.17) is 26.9 Å². The highest BCUT2D eigenvalue weighted by molar-refractivity contribution is 6.29. The molecule has 1 heterocycles. The molecule has 1 N–H and O–H groups in total. The Kier molecular flexibility index (Phi) is 3.97. The van der Waals surface area contributed by atoms with Crippen molar-refractivity contribution in [1.82, 2.24) is 9.55 Å². The topological polar surface area (TPSA) is 81.2 Å². The molecule has 0 aliphatic heterocycles. The summed E-state index contributed by atoms with van der Waals surface area (Å²) in [5.41, 5.74) is 0. The molecule has 0 unspecified atom stereocenters. The average molecular weight is 180 g/mol. The molecule has 0 spiro atoms. The SMILES string of the molecule is Cn1cncc1Cl.O=[N+]([O-])O. The van der Waals surface area contributed by atoms with Crippen molar-refractivity contribution in [3.63, 3.8) is 0 Å². The lowest BCUT2D eigenvalue weighted by Gasteiger charge is -1.84. The molecule has 0 aromatic carbocycles. The Labute approximate surface area is 67.1 Å². The van der Waals surface area contributed by atoms with E-state index < -0.39 is 5.09 Å². The van der Waals surface area contributed by atoms with E-state index >= 15 is 0 Å². The zero-order valence-electron chi connectivity index (χ0n) is 5.64. The molecule has 11 heavy (non-hydrogen) atoms. The molecule has 62 valence electrons. The van der Waals surface area contributed by atoms with Crippen LogP contribution in [-0.2, 0) is 7.05 Å². The zero-order chi connectivity index (χ0) is 8.85. The fourth-order valence-electron chi connectivity index (χ4n) is 0.341. The molecule has 0 aliphatic rings. The standard InChI is InChI=1S/C4H5ClN2.HNO3/c1-7-3-6-2-4(7)5;2-1(3)4/h2-3H,1H3;(H,2,3,4). The Morgan fingerprint density at radius 2 is 2.36 bits per heavy atom. The van der Waals surface area contributed by atoms with Crippen molar-refractivity contribution in [2.75, 3.05) is 0 Å². The van der Waals surface area contributed by atoms with Gasteiger partial charge in [0.15, 0.2) is 0 Å². The van der Waals surface area contributed by atoms with Crippen LogP contribution in [0.25, 0.3) is 0 Å². The van der Waals surface area contributed by atoms with Crippen molar-refractivity contribution < 1.29 is 10.3 Å². The third-order valence-corrected chi connectivity index (χ3v) is 1.12. The molecule has 0 atom stereocenters. The van der Waals surface area contributed by atoms with Gasteiger partial charge in [-0.1, -0.05) is 11.6 Å². The van der Waals surface area contributed by atoms with E-state index in [2.05, 4.69) is 4.98 Å². The summed E-state index contributed by atoms with van der Waals surface area (Å²) in [4.78, 5) is 12.1. The predicted molar refractivity (Wildman–Crippen MR) is 37.0 cm³/mol. The van der Waals surface area contributed by atoms with Gasteiger partial charge in [-0.15, -0.1) is 10.1 Å². The summed E-state index contributed by atoms with van der Waals surface area (Å²) in [6.45, 7) is 0. The minimum atomic E-state index is -1.50. The Morgan fingerprint density at radius 1 is 1.91 bits per heavy atom. The molecule has 0 fully saturated rings. The molecule has 7 heteroatoms. The second-order valence-corrected chi connectivity index (χ2v) is 1.95. The summed E-state index contributed by atoms with van der Waals surface area (Å²) in [7, 11) is 1.84. The molecule has 1 aromatic heterocycles. The molecule has 0 amide bonds. The van der Waals surface area contributed by atoms with Gasteiger partial charge in [0.05, 0.1) is 12.5 Å². The summed E-state index contributed by atoms with van der Waals surface area (Å²) < 4.78 is 1.74. The summed E-state index contributed by atoms with van der Waals surface area (Å²) in [6, 6.07) is 0. The predicted octanol–water partition coefficient (Wildman–Crippen LogP) is 0.726. The van der Waals surface area contributed by atoms with Gasteiger partial charge >= 0.3 is 0 Å². The van der Waals surface area contributed by atoms with Crippen LogP contribution < -0.4 is 0 Å². The number of nitrogens with zero attached hydrogens (tertiary/aromatic N) is 3. The van der Waals surface area contributed by atoms with Crippen molar-refractivity contribution in [3.05, 3.63) is 27.8 Å². The maximum atomic E-state index is 8.36. The normalized spacial score (nSPS) is 8.18. The van der Waals surface area contributed by atoms with E-state index in [1.54, 1.807) is 17.1 Å². The van der Waals surface area contributed by atoms with Crippen LogP contribution in [0.1, 0.15) is 0 Å². The van der Waals surface area contributed by atoms with Gasteiger partial charge in [-0.3, -0.25) is 0 Å². The van der Waals surface area contributed by atoms with Crippen LogP contribution in [-0.4, -0.2) is 19.8 Å². The molecule has 1 rings (SSSR count). The van der Waals surface area contributed by atoms with E-state index in [1.165, 1.54) is 0 Å². The van der Waals surface area contributed by atoms with Crippen molar-refractivity contribution in [2.45, 2.75) is 0 Å². The number of hydrogen-bond acceptors (Lipinski definition) is 3. The average Bonchev–Trinajstić information content (AvgIpc) is 2.15. The number of rotatable bonds is 0. The van der Waals surface area contributed by atoms with Crippen LogP contribution in [0.3, 0.4) is 0 Å². The van der Waals surface area contributed by atoms with Crippen molar-refractivity contribution >= 4 is 11.6 Å². The smallest absolute Gasteiger partial charge is 0.291 e. The monoisotopic (exact) mass is 179 g/mol. The minimum Gasteiger partial charge on any atom is -0.328 e. The number of aryl methyl sites for hydroxylation is 1. The first kappa shape index (κ1) is 9.70. The van der Waals surface area contributed by atoms with Gasteiger partial charge in [0.1, 0.15) is 5.15 Å². The Morgan fingerprint density at radius 3 is 2.45 bits per heavy atom. The van der Waals surface area contributed by atoms with Gasteiger partial charge in [-0.25, -0.2) is 4.98 Å². The summed E-state index contributed by atoms with van der Waals surface area (Å²) in [5.74, 6) is 0. The van der Waals surface area contributed by atoms with Gasteiger partial charge in [0.25, 0.3) is 5.09 Å². The number of aromatic nitrogens is 2. The third kappa shape index (κ3) is 5.16. The lowest BCUT2D eigenvalue weighted by molar-refractivity contribution is -0.742. The number of imidazole rings is 1. The Balaban J connectivity index is 0.000000218. The fraction of sp³-hybridized carbons (Fsp3) is 0.250. The maximum absolute atomic E-state index is 8.36. The third-order valence-electron chi connectivity index (χ3n) is 0.758. The largest absolute Gasteiger partial charge is 0.328 e. The quantitative estimate of drug-likeness (QED) is 0.470. The molecule has 0 saturated heterocycles. The van der Waals surface area contributed by atoms with Gasteiger partial charge < -0.3 is 9.77 Å².